The summed E-state index contributed by atoms with van der Waals surface area (Å²) in [4.78, 5) is 24.3. The highest BCUT2D eigenvalue weighted by molar-refractivity contribution is 14.1. The van der Waals surface area contributed by atoms with Gasteiger partial charge in [0.2, 0.25) is 0 Å². The third-order valence-electron chi connectivity index (χ3n) is 2.48. The Morgan fingerprint density at radius 1 is 1.43 bits per heavy atom. The van der Waals surface area contributed by atoms with E-state index in [0.717, 1.165) is 0 Å². The Labute approximate surface area is 137 Å². The van der Waals surface area contributed by atoms with Crippen LogP contribution >= 0.6 is 33.9 Å². The average molecular weight is 440 g/mol. The summed E-state index contributed by atoms with van der Waals surface area (Å²) >= 11 is 2.48. The van der Waals surface area contributed by atoms with Gasteiger partial charge in [0.1, 0.15) is 0 Å². The molecule has 0 saturated carbocycles. The first-order valence-corrected chi connectivity index (χ1v) is 8.84. The molecule has 0 atom stereocenters. The number of sulfonamides is 1. The molecule has 112 valence electrons. The van der Waals surface area contributed by atoms with Crippen LogP contribution in [0.25, 0.3) is 0 Å². The Hall–Kier alpha value is -1.40. The summed E-state index contributed by atoms with van der Waals surface area (Å²) in [6, 6.07) is 4.30. The number of aromatic carboxylic acids is 1. The van der Waals surface area contributed by atoms with Gasteiger partial charge < -0.3 is 10.1 Å². The molecular weight excluding hydrogens is 431 g/mol. The Balaban J connectivity index is 2.49. The van der Waals surface area contributed by atoms with Crippen LogP contribution in [0.4, 0.5) is 5.69 Å². The number of hydrogen-bond donors (Lipinski definition) is 3. The first-order chi connectivity index (χ1) is 9.70. The number of carbonyl (C=O) groups is 1. The molecular formula is C11H9IN2O5S2. The number of thiazole rings is 1. The number of carboxylic acid groups (broad SMARTS) is 1. The summed E-state index contributed by atoms with van der Waals surface area (Å²) in [5, 5.41) is 9.12. The van der Waals surface area contributed by atoms with Crippen molar-refractivity contribution in [2.75, 3.05) is 4.72 Å². The van der Waals surface area contributed by atoms with E-state index in [4.69, 9.17) is 5.11 Å². The summed E-state index contributed by atoms with van der Waals surface area (Å²) in [5.41, 5.74) is -0.00550. The predicted molar refractivity (Wildman–Crippen MR) is 86.6 cm³/mol. The number of rotatable bonds is 4. The molecule has 7 nitrogen and oxygen atoms in total. The smallest absolute Gasteiger partial charge is 0.337 e. The average Bonchev–Trinajstić information content (AvgIpc) is 2.71. The molecule has 0 unspecified atom stereocenters. The lowest BCUT2D eigenvalue weighted by Gasteiger charge is -2.10. The molecule has 0 bridgehead atoms. The molecule has 0 aliphatic rings. The van der Waals surface area contributed by atoms with Crippen LogP contribution in [0.2, 0.25) is 0 Å². The Morgan fingerprint density at radius 3 is 2.62 bits per heavy atom. The molecule has 0 aliphatic carbocycles. The SMILES string of the molecule is Cc1[nH]c(=O)sc1S(=O)(=O)Nc1ccc(I)cc1C(=O)O. The first kappa shape index (κ1) is 16.0. The van der Waals surface area contributed by atoms with E-state index >= 15 is 0 Å². The van der Waals surface area contributed by atoms with E-state index in [9.17, 15) is 18.0 Å². The summed E-state index contributed by atoms with van der Waals surface area (Å²) < 4.78 is 27.2. The molecule has 10 heteroatoms. The second-order valence-electron chi connectivity index (χ2n) is 4.03. The summed E-state index contributed by atoms with van der Waals surface area (Å²) in [6.45, 7) is 1.46. The minimum Gasteiger partial charge on any atom is -0.478 e. The minimum atomic E-state index is -4.02. The van der Waals surface area contributed by atoms with Gasteiger partial charge in [0.05, 0.1) is 11.3 Å². The number of aryl methyl sites for hydroxylation is 1. The van der Waals surface area contributed by atoms with Gasteiger partial charge in [-0.1, -0.05) is 11.3 Å². The van der Waals surface area contributed by atoms with Crippen molar-refractivity contribution in [1.82, 2.24) is 4.98 Å². The normalized spacial score (nSPS) is 11.3. The van der Waals surface area contributed by atoms with E-state index in [1.54, 1.807) is 6.07 Å². The lowest BCUT2D eigenvalue weighted by atomic mass is 10.2. The fourth-order valence-electron chi connectivity index (χ4n) is 1.62. The van der Waals surface area contributed by atoms with Crippen molar-refractivity contribution in [3.05, 3.63) is 42.7 Å². The van der Waals surface area contributed by atoms with E-state index in [-0.39, 0.29) is 21.2 Å². The zero-order chi connectivity index (χ0) is 15.8. The van der Waals surface area contributed by atoms with E-state index in [0.29, 0.717) is 14.9 Å². The Kier molecular flexibility index (Phi) is 4.39. The van der Waals surface area contributed by atoms with Crippen LogP contribution in [-0.4, -0.2) is 24.5 Å². The minimum absolute atomic E-state index is 0.0526. The lowest BCUT2D eigenvalue weighted by molar-refractivity contribution is 0.0698. The number of benzene rings is 1. The topological polar surface area (TPSA) is 116 Å². The maximum Gasteiger partial charge on any atom is 0.337 e. The van der Waals surface area contributed by atoms with E-state index in [1.807, 2.05) is 22.6 Å². The second kappa shape index (κ2) is 5.77. The number of aromatic nitrogens is 1. The van der Waals surface area contributed by atoms with Crippen molar-refractivity contribution in [1.29, 1.82) is 0 Å². The molecule has 21 heavy (non-hydrogen) atoms. The monoisotopic (exact) mass is 440 g/mol. The van der Waals surface area contributed by atoms with Crippen LogP contribution in [0.15, 0.2) is 27.2 Å². The third-order valence-corrected chi connectivity index (χ3v) is 6.12. The molecule has 2 rings (SSSR count). The van der Waals surface area contributed by atoms with Crippen LogP contribution in [0, 0.1) is 10.5 Å². The number of hydrogen-bond acceptors (Lipinski definition) is 5. The van der Waals surface area contributed by atoms with E-state index in [1.165, 1.54) is 19.1 Å². The molecule has 1 heterocycles. The van der Waals surface area contributed by atoms with Crippen LogP contribution in [-0.2, 0) is 10.0 Å². The first-order valence-electron chi connectivity index (χ1n) is 5.46. The largest absolute Gasteiger partial charge is 0.478 e. The van der Waals surface area contributed by atoms with Crippen molar-refractivity contribution in [3.63, 3.8) is 0 Å². The Morgan fingerprint density at radius 2 is 2.10 bits per heavy atom. The van der Waals surface area contributed by atoms with Crippen LogP contribution < -0.4 is 9.60 Å². The van der Waals surface area contributed by atoms with Crippen molar-refractivity contribution in [2.45, 2.75) is 11.1 Å². The quantitative estimate of drug-likeness (QED) is 0.628. The molecule has 0 spiro atoms. The summed E-state index contributed by atoms with van der Waals surface area (Å²) in [6.07, 6.45) is 0. The van der Waals surface area contributed by atoms with Gasteiger partial charge in [-0.15, -0.1) is 0 Å². The van der Waals surface area contributed by atoms with Gasteiger partial charge in [-0.2, -0.15) is 0 Å². The van der Waals surface area contributed by atoms with Crippen molar-refractivity contribution in [2.24, 2.45) is 0 Å². The number of H-pyrrole nitrogens is 1. The number of aromatic amines is 1. The molecule has 0 saturated heterocycles. The molecule has 3 N–H and O–H groups in total. The number of halogens is 1. The van der Waals surface area contributed by atoms with Gasteiger partial charge in [-0.05, 0) is 47.7 Å². The zero-order valence-corrected chi connectivity index (χ0v) is 14.3. The van der Waals surface area contributed by atoms with Crippen molar-refractivity contribution >= 4 is 55.6 Å². The second-order valence-corrected chi connectivity index (χ2v) is 8.13. The van der Waals surface area contributed by atoms with Crippen LogP contribution in [0.5, 0.6) is 0 Å². The van der Waals surface area contributed by atoms with Crippen LogP contribution in [0.3, 0.4) is 0 Å². The van der Waals surface area contributed by atoms with Crippen molar-refractivity contribution in [3.8, 4) is 0 Å². The highest BCUT2D eigenvalue weighted by atomic mass is 127. The van der Waals surface area contributed by atoms with E-state index in [2.05, 4.69) is 9.71 Å². The zero-order valence-electron chi connectivity index (χ0n) is 10.5. The molecule has 0 fully saturated rings. The molecule has 1 aromatic carbocycles. The van der Waals surface area contributed by atoms with Crippen molar-refractivity contribution < 1.29 is 18.3 Å². The fraction of sp³-hybridized carbons (Fsp3) is 0.0909. The fourth-order valence-corrected chi connectivity index (χ4v) is 4.49. The molecule has 0 aliphatic heterocycles. The van der Waals surface area contributed by atoms with Gasteiger partial charge >= 0.3 is 10.8 Å². The van der Waals surface area contributed by atoms with Gasteiger partial charge in [0.15, 0.2) is 4.21 Å². The van der Waals surface area contributed by atoms with E-state index < -0.39 is 20.9 Å². The van der Waals surface area contributed by atoms with Gasteiger partial charge in [-0.25, -0.2) is 13.2 Å². The molecule has 0 amide bonds. The standard InChI is InChI=1S/C11H9IN2O5S2/c1-5-10(20-11(17)13-5)21(18,19)14-8-3-2-6(12)4-7(8)9(15)16/h2-4,14H,1H3,(H,13,17)(H,15,16). The third kappa shape index (κ3) is 3.44. The maximum absolute atomic E-state index is 12.2. The highest BCUT2D eigenvalue weighted by Crippen LogP contribution is 2.24. The summed E-state index contributed by atoms with van der Waals surface area (Å²) in [7, 11) is -4.02. The van der Waals surface area contributed by atoms with Gasteiger partial charge in [0.25, 0.3) is 10.0 Å². The number of carboxylic acids is 1. The Bertz CT molecular complexity index is 869. The van der Waals surface area contributed by atoms with Gasteiger partial charge in [-0.3, -0.25) is 9.52 Å². The number of anilines is 1. The van der Waals surface area contributed by atoms with Crippen LogP contribution in [0.1, 0.15) is 16.1 Å². The lowest BCUT2D eigenvalue weighted by Crippen LogP contribution is -2.15. The molecule has 0 radical (unpaired) electrons. The highest BCUT2D eigenvalue weighted by Gasteiger charge is 2.23. The maximum atomic E-state index is 12.2. The summed E-state index contributed by atoms with van der Waals surface area (Å²) in [5.74, 6) is -1.25. The predicted octanol–water partition coefficient (Wildman–Crippen LogP) is 1.85. The van der Waals surface area contributed by atoms with Gasteiger partial charge in [0, 0.05) is 9.26 Å². The number of nitrogens with one attached hydrogen (secondary N) is 2. The molecule has 2 aromatic rings. The molecule has 1 aromatic heterocycles.